The lowest BCUT2D eigenvalue weighted by Crippen LogP contribution is -2.24. The van der Waals surface area contributed by atoms with Gasteiger partial charge in [0.2, 0.25) is 0 Å². The first-order valence-corrected chi connectivity index (χ1v) is 6.25. The summed E-state index contributed by atoms with van der Waals surface area (Å²) < 4.78 is 0. The van der Waals surface area contributed by atoms with Gasteiger partial charge >= 0.3 is 0 Å². The monoisotopic (exact) mass is 254 g/mol. The lowest BCUT2D eigenvalue weighted by atomic mass is 10.2. The lowest BCUT2D eigenvalue weighted by molar-refractivity contribution is 0.931. The van der Waals surface area contributed by atoms with Crippen molar-refractivity contribution >= 4 is 17.3 Å². The molecule has 0 aliphatic rings. The molecule has 0 radical (unpaired) electrons. The first-order valence-electron chi connectivity index (χ1n) is 6.25. The molecule has 1 aromatic heterocycles. The summed E-state index contributed by atoms with van der Waals surface area (Å²) in [5, 5.41) is 7.39. The van der Waals surface area contributed by atoms with Crippen molar-refractivity contribution in [3.05, 3.63) is 54.2 Å². The van der Waals surface area contributed by atoms with E-state index in [0.29, 0.717) is 13.0 Å². The topological polar surface area (TPSA) is 66.0 Å². The molecule has 0 bridgehead atoms. The molecule has 0 aliphatic heterocycles. The summed E-state index contributed by atoms with van der Waals surface area (Å²) >= 11 is 0. The molecule has 4 nitrogen and oxygen atoms in total. The van der Waals surface area contributed by atoms with Gasteiger partial charge in [0.15, 0.2) is 0 Å². The molecule has 0 saturated heterocycles. The van der Waals surface area contributed by atoms with Crippen molar-refractivity contribution in [2.24, 2.45) is 5.73 Å². The van der Waals surface area contributed by atoms with Crippen molar-refractivity contribution in [3.63, 3.8) is 0 Å². The van der Waals surface area contributed by atoms with Gasteiger partial charge in [0.1, 0.15) is 5.82 Å². The van der Waals surface area contributed by atoms with Gasteiger partial charge in [-0.3, -0.25) is 5.41 Å². The Morgan fingerprint density at radius 2 is 2.00 bits per heavy atom. The van der Waals surface area contributed by atoms with Gasteiger partial charge in [-0.2, -0.15) is 0 Å². The molecule has 0 amide bonds. The second-order valence-corrected chi connectivity index (χ2v) is 4.45. The maximum atomic E-state index is 7.39. The van der Waals surface area contributed by atoms with E-state index in [2.05, 4.69) is 9.88 Å². The first kappa shape index (κ1) is 13.1. The highest BCUT2D eigenvalue weighted by atomic mass is 15.2. The molecule has 0 saturated carbocycles. The van der Waals surface area contributed by atoms with E-state index >= 15 is 0 Å². The van der Waals surface area contributed by atoms with Crippen LogP contribution in [0.3, 0.4) is 0 Å². The molecule has 0 atom stereocenters. The fourth-order valence-corrected chi connectivity index (χ4v) is 1.88. The number of nitrogens with zero attached hydrogens (tertiary/aromatic N) is 2. The Bertz CT molecular complexity index is 551. The standard InChI is InChI=1S/C15H18N4/c1-12-7-9-18-15(11-12)19(10-8-14(16)17)13-5-3-2-4-6-13/h2-7,9,11H,8,10H2,1H3,(H3,16,17). The molecule has 4 heteroatoms. The van der Waals surface area contributed by atoms with Gasteiger partial charge in [-0.15, -0.1) is 0 Å². The number of benzene rings is 1. The smallest absolute Gasteiger partial charge is 0.133 e. The van der Waals surface area contributed by atoms with Crippen LogP contribution in [0.4, 0.5) is 11.5 Å². The van der Waals surface area contributed by atoms with Crippen molar-refractivity contribution < 1.29 is 0 Å². The molecule has 0 spiro atoms. The van der Waals surface area contributed by atoms with E-state index < -0.39 is 0 Å². The van der Waals surface area contributed by atoms with E-state index in [9.17, 15) is 0 Å². The Morgan fingerprint density at radius 3 is 2.63 bits per heavy atom. The molecule has 0 aliphatic carbocycles. The van der Waals surface area contributed by atoms with Crippen LogP contribution in [0, 0.1) is 12.3 Å². The van der Waals surface area contributed by atoms with Crippen LogP contribution in [0.1, 0.15) is 12.0 Å². The van der Waals surface area contributed by atoms with Gasteiger partial charge in [-0.1, -0.05) is 18.2 Å². The lowest BCUT2D eigenvalue weighted by Gasteiger charge is -2.24. The number of para-hydroxylation sites is 1. The zero-order chi connectivity index (χ0) is 13.7. The average Bonchev–Trinajstić information content (AvgIpc) is 2.40. The van der Waals surface area contributed by atoms with E-state index in [-0.39, 0.29) is 5.84 Å². The number of rotatable bonds is 5. The summed E-state index contributed by atoms with van der Waals surface area (Å²) in [6, 6.07) is 14.0. The van der Waals surface area contributed by atoms with Crippen LogP contribution in [-0.2, 0) is 0 Å². The minimum atomic E-state index is 0.189. The zero-order valence-corrected chi connectivity index (χ0v) is 11.0. The van der Waals surface area contributed by atoms with E-state index in [4.69, 9.17) is 11.1 Å². The molecule has 98 valence electrons. The fraction of sp³-hybridized carbons (Fsp3) is 0.200. The van der Waals surface area contributed by atoms with Gasteiger partial charge in [0.05, 0.1) is 5.84 Å². The third-order valence-electron chi connectivity index (χ3n) is 2.85. The summed E-state index contributed by atoms with van der Waals surface area (Å²) in [4.78, 5) is 6.49. The molecule has 1 heterocycles. The molecule has 1 aromatic carbocycles. The second kappa shape index (κ2) is 6.00. The minimum Gasteiger partial charge on any atom is -0.388 e. The Kier molecular flexibility index (Phi) is 4.13. The molecule has 2 aromatic rings. The Balaban J connectivity index is 2.31. The number of amidine groups is 1. The van der Waals surface area contributed by atoms with Crippen LogP contribution in [0.2, 0.25) is 0 Å². The van der Waals surface area contributed by atoms with Gasteiger partial charge < -0.3 is 10.6 Å². The van der Waals surface area contributed by atoms with E-state index in [1.807, 2.05) is 49.4 Å². The Morgan fingerprint density at radius 1 is 1.26 bits per heavy atom. The summed E-state index contributed by atoms with van der Waals surface area (Å²) in [5.74, 6) is 1.07. The summed E-state index contributed by atoms with van der Waals surface area (Å²) in [6.45, 7) is 2.69. The highest BCUT2D eigenvalue weighted by Gasteiger charge is 2.10. The van der Waals surface area contributed by atoms with Crippen LogP contribution in [0.25, 0.3) is 0 Å². The quantitative estimate of drug-likeness (QED) is 0.637. The number of nitrogens with one attached hydrogen (secondary N) is 1. The summed E-state index contributed by atoms with van der Waals surface area (Å²) in [6.07, 6.45) is 2.32. The van der Waals surface area contributed by atoms with Crippen LogP contribution in [-0.4, -0.2) is 17.4 Å². The molecule has 2 rings (SSSR count). The number of hydrogen-bond donors (Lipinski definition) is 2. The molecule has 0 unspecified atom stereocenters. The molecule has 0 fully saturated rings. The molecule has 3 N–H and O–H groups in total. The van der Waals surface area contributed by atoms with Crippen LogP contribution in [0.15, 0.2) is 48.7 Å². The van der Waals surface area contributed by atoms with Crippen molar-refractivity contribution in [2.75, 3.05) is 11.4 Å². The van der Waals surface area contributed by atoms with Gasteiger partial charge in [-0.05, 0) is 36.8 Å². The first-order chi connectivity index (χ1) is 9.16. The van der Waals surface area contributed by atoms with Crippen LogP contribution >= 0.6 is 0 Å². The van der Waals surface area contributed by atoms with Gasteiger partial charge in [0, 0.05) is 24.8 Å². The van der Waals surface area contributed by atoms with E-state index in [1.165, 1.54) is 0 Å². The predicted molar refractivity (Wildman–Crippen MR) is 79.0 cm³/mol. The Labute approximate surface area is 113 Å². The Hall–Kier alpha value is -2.36. The zero-order valence-electron chi connectivity index (χ0n) is 11.0. The summed E-state index contributed by atoms with van der Waals surface area (Å²) in [7, 11) is 0. The molecule has 19 heavy (non-hydrogen) atoms. The highest BCUT2D eigenvalue weighted by Crippen LogP contribution is 2.23. The second-order valence-electron chi connectivity index (χ2n) is 4.45. The number of hydrogen-bond acceptors (Lipinski definition) is 3. The molecular formula is C15H18N4. The van der Waals surface area contributed by atoms with Crippen LogP contribution in [0.5, 0.6) is 0 Å². The summed E-state index contributed by atoms with van der Waals surface area (Å²) in [5.41, 5.74) is 7.68. The number of anilines is 2. The van der Waals surface area contributed by atoms with Crippen molar-refractivity contribution in [1.29, 1.82) is 5.41 Å². The number of aromatic nitrogens is 1. The third kappa shape index (κ3) is 3.55. The van der Waals surface area contributed by atoms with E-state index in [0.717, 1.165) is 17.1 Å². The maximum absolute atomic E-state index is 7.39. The number of nitrogens with two attached hydrogens (primary N) is 1. The predicted octanol–water partition coefficient (Wildman–Crippen LogP) is 2.85. The van der Waals surface area contributed by atoms with Crippen molar-refractivity contribution in [2.45, 2.75) is 13.3 Å². The largest absolute Gasteiger partial charge is 0.388 e. The normalized spacial score (nSPS) is 10.2. The third-order valence-corrected chi connectivity index (χ3v) is 2.85. The van der Waals surface area contributed by atoms with Crippen molar-refractivity contribution in [3.8, 4) is 0 Å². The minimum absolute atomic E-state index is 0.189. The fourth-order valence-electron chi connectivity index (χ4n) is 1.88. The van der Waals surface area contributed by atoms with Crippen LogP contribution < -0.4 is 10.6 Å². The van der Waals surface area contributed by atoms with E-state index in [1.54, 1.807) is 6.20 Å². The van der Waals surface area contributed by atoms with Crippen molar-refractivity contribution in [1.82, 2.24) is 4.98 Å². The van der Waals surface area contributed by atoms with Gasteiger partial charge in [0.25, 0.3) is 0 Å². The maximum Gasteiger partial charge on any atom is 0.133 e. The number of aryl methyl sites for hydroxylation is 1. The van der Waals surface area contributed by atoms with Gasteiger partial charge in [-0.25, -0.2) is 4.98 Å². The SMILES string of the molecule is Cc1ccnc(N(CCC(=N)N)c2ccccc2)c1. The number of pyridine rings is 1. The highest BCUT2D eigenvalue weighted by molar-refractivity contribution is 5.78. The average molecular weight is 254 g/mol. The molecular weight excluding hydrogens is 236 g/mol.